The second-order valence-electron chi connectivity index (χ2n) is 2.74. The van der Waals surface area contributed by atoms with Crippen molar-refractivity contribution >= 4 is 16.5 Å². The minimum atomic E-state index is 0.739. The first-order chi connectivity index (χ1) is 6.90. The van der Waals surface area contributed by atoms with Crippen LogP contribution in [0.2, 0.25) is 0 Å². The highest BCUT2D eigenvalue weighted by Crippen LogP contribution is 2.09. The van der Waals surface area contributed by atoms with Gasteiger partial charge in [-0.1, -0.05) is 11.3 Å². The van der Waals surface area contributed by atoms with Crippen LogP contribution in [0.4, 0.5) is 5.13 Å². The van der Waals surface area contributed by atoms with E-state index in [-0.39, 0.29) is 0 Å². The molecule has 5 nitrogen and oxygen atoms in total. The SMILES string of the molecule is CCn1nccc1CNc1nncs1. The largest absolute Gasteiger partial charge is 0.354 e. The molecule has 14 heavy (non-hydrogen) atoms. The van der Waals surface area contributed by atoms with Crippen molar-refractivity contribution in [1.82, 2.24) is 20.0 Å². The molecule has 74 valence electrons. The summed E-state index contributed by atoms with van der Waals surface area (Å²) in [6, 6.07) is 2.00. The van der Waals surface area contributed by atoms with Gasteiger partial charge >= 0.3 is 0 Å². The highest BCUT2D eigenvalue weighted by Gasteiger charge is 2.01. The molecule has 0 spiro atoms. The minimum absolute atomic E-state index is 0.739. The van der Waals surface area contributed by atoms with E-state index in [2.05, 4.69) is 27.5 Å². The van der Waals surface area contributed by atoms with Gasteiger partial charge < -0.3 is 5.32 Å². The molecule has 2 heterocycles. The molecule has 1 N–H and O–H groups in total. The first-order valence-electron chi connectivity index (χ1n) is 4.41. The highest BCUT2D eigenvalue weighted by atomic mass is 32.1. The molecule has 0 saturated heterocycles. The third-order valence-corrected chi connectivity index (χ3v) is 2.53. The highest BCUT2D eigenvalue weighted by molar-refractivity contribution is 7.13. The van der Waals surface area contributed by atoms with Gasteiger partial charge in [0.05, 0.1) is 12.2 Å². The average Bonchev–Trinajstić information content (AvgIpc) is 2.85. The maximum atomic E-state index is 4.18. The summed E-state index contributed by atoms with van der Waals surface area (Å²) >= 11 is 1.50. The van der Waals surface area contributed by atoms with Gasteiger partial charge in [0.1, 0.15) is 5.51 Å². The van der Waals surface area contributed by atoms with Crippen LogP contribution in [0.15, 0.2) is 17.8 Å². The Labute approximate surface area is 85.8 Å². The Bertz CT molecular complexity index is 380. The van der Waals surface area contributed by atoms with Crippen molar-refractivity contribution in [2.24, 2.45) is 0 Å². The quantitative estimate of drug-likeness (QED) is 0.826. The Morgan fingerprint density at radius 2 is 2.50 bits per heavy atom. The van der Waals surface area contributed by atoms with Crippen LogP contribution in [-0.2, 0) is 13.1 Å². The maximum Gasteiger partial charge on any atom is 0.205 e. The Kier molecular flexibility index (Phi) is 2.73. The molecule has 2 aromatic rings. The van der Waals surface area contributed by atoms with Gasteiger partial charge in [-0.2, -0.15) is 5.10 Å². The van der Waals surface area contributed by atoms with E-state index in [1.807, 2.05) is 10.7 Å². The fourth-order valence-corrected chi connectivity index (χ4v) is 1.66. The smallest absolute Gasteiger partial charge is 0.205 e. The van der Waals surface area contributed by atoms with E-state index < -0.39 is 0 Å². The summed E-state index contributed by atoms with van der Waals surface area (Å²) in [6.45, 7) is 3.70. The van der Waals surface area contributed by atoms with Gasteiger partial charge in [0.25, 0.3) is 0 Å². The van der Waals surface area contributed by atoms with E-state index in [0.29, 0.717) is 0 Å². The second kappa shape index (κ2) is 4.19. The molecule has 0 aliphatic carbocycles. The molecule has 0 unspecified atom stereocenters. The van der Waals surface area contributed by atoms with Crippen molar-refractivity contribution < 1.29 is 0 Å². The van der Waals surface area contributed by atoms with Crippen LogP contribution in [-0.4, -0.2) is 20.0 Å². The van der Waals surface area contributed by atoms with Gasteiger partial charge in [-0.3, -0.25) is 4.68 Å². The Morgan fingerprint density at radius 1 is 1.57 bits per heavy atom. The van der Waals surface area contributed by atoms with Gasteiger partial charge in [-0.25, -0.2) is 0 Å². The minimum Gasteiger partial charge on any atom is -0.354 e. The molecule has 0 fully saturated rings. The molecule has 0 aliphatic rings. The summed E-state index contributed by atoms with van der Waals surface area (Å²) < 4.78 is 1.95. The molecule has 0 atom stereocenters. The van der Waals surface area contributed by atoms with E-state index in [0.717, 1.165) is 23.9 Å². The summed E-state index contributed by atoms with van der Waals surface area (Å²) in [5.41, 5.74) is 2.86. The number of aromatic nitrogens is 4. The molecule has 6 heteroatoms. The van der Waals surface area contributed by atoms with Crippen LogP contribution in [0.3, 0.4) is 0 Å². The number of nitrogens with one attached hydrogen (secondary N) is 1. The molecular formula is C8H11N5S. The normalized spacial score (nSPS) is 10.4. The fraction of sp³-hybridized carbons (Fsp3) is 0.375. The molecular weight excluding hydrogens is 198 g/mol. The molecule has 0 aromatic carbocycles. The molecule has 0 aliphatic heterocycles. The van der Waals surface area contributed by atoms with E-state index in [9.17, 15) is 0 Å². The molecule has 2 rings (SSSR count). The summed E-state index contributed by atoms with van der Waals surface area (Å²) in [7, 11) is 0. The van der Waals surface area contributed by atoms with E-state index >= 15 is 0 Å². The number of aryl methyl sites for hydroxylation is 1. The predicted octanol–water partition coefficient (Wildman–Crippen LogP) is 1.37. The molecule has 0 amide bonds. The third-order valence-electron chi connectivity index (χ3n) is 1.88. The third kappa shape index (κ3) is 1.90. The second-order valence-corrected chi connectivity index (χ2v) is 3.57. The van der Waals surface area contributed by atoms with E-state index in [1.165, 1.54) is 11.3 Å². The van der Waals surface area contributed by atoms with Gasteiger partial charge in [0.15, 0.2) is 0 Å². The first kappa shape index (κ1) is 9.14. The zero-order valence-electron chi connectivity index (χ0n) is 7.84. The maximum absolute atomic E-state index is 4.18. The fourth-order valence-electron chi connectivity index (χ4n) is 1.21. The van der Waals surface area contributed by atoms with E-state index in [1.54, 1.807) is 11.7 Å². The van der Waals surface area contributed by atoms with Crippen molar-refractivity contribution in [1.29, 1.82) is 0 Å². The zero-order chi connectivity index (χ0) is 9.80. The van der Waals surface area contributed by atoms with Crippen LogP contribution in [0, 0.1) is 0 Å². The van der Waals surface area contributed by atoms with Crippen LogP contribution in [0.5, 0.6) is 0 Å². The van der Waals surface area contributed by atoms with E-state index in [4.69, 9.17) is 0 Å². The lowest BCUT2D eigenvalue weighted by atomic mass is 10.4. The van der Waals surface area contributed by atoms with Crippen LogP contribution >= 0.6 is 11.3 Å². The van der Waals surface area contributed by atoms with Gasteiger partial charge in [0.2, 0.25) is 5.13 Å². The standard InChI is InChI=1S/C8H11N5S/c1-2-13-7(3-4-11-13)5-9-8-12-10-6-14-8/h3-4,6H,2,5H2,1H3,(H,9,12). The Morgan fingerprint density at radius 3 is 3.21 bits per heavy atom. The van der Waals surface area contributed by atoms with Crippen LogP contribution in [0.1, 0.15) is 12.6 Å². The Balaban J connectivity index is 1.98. The molecule has 2 aromatic heterocycles. The van der Waals surface area contributed by atoms with Crippen molar-refractivity contribution in [2.75, 3.05) is 5.32 Å². The summed E-state index contributed by atoms with van der Waals surface area (Å²) in [4.78, 5) is 0. The van der Waals surface area contributed by atoms with Crippen molar-refractivity contribution in [3.63, 3.8) is 0 Å². The number of anilines is 1. The Hall–Kier alpha value is -1.43. The number of rotatable bonds is 4. The lowest BCUT2D eigenvalue weighted by Gasteiger charge is -2.04. The van der Waals surface area contributed by atoms with Crippen molar-refractivity contribution in [2.45, 2.75) is 20.0 Å². The number of hydrogen-bond donors (Lipinski definition) is 1. The summed E-state index contributed by atoms with van der Waals surface area (Å²) in [5, 5.41) is 15.9. The zero-order valence-corrected chi connectivity index (χ0v) is 8.66. The summed E-state index contributed by atoms with van der Waals surface area (Å²) in [5.74, 6) is 0. The lowest BCUT2D eigenvalue weighted by Crippen LogP contribution is -2.07. The van der Waals surface area contributed by atoms with Crippen LogP contribution in [0.25, 0.3) is 0 Å². The lowest BCUT2D eigenvalue weighted by molar-refractivity contribution is 0.627. The van der Waals surface area contributed by atoms with Gasteiger partial charge in [0, 0.05) is 12.7 Å². The predicted molar refractivity (Wildman–Crippen MR) is 55.1 cm³/mol. The molecule has 0 radical (unpaired) electrons. The van der Waals surface area contributed by atoms with Crippen LogP contribution < -0.4 is 5.32 Å². The molecule has 0 saturated carbocycles. The molecule has 0 bridgehead atoms. The monoisotopic (exact) mass is 209 g/mol. The number of nitrogens with zero attached hydrogens (tertiary/aromatic N) is 4. The first-order valence-corrected chi connectivity index (χ1v) is 5.29. The number of hydrogen-bond acceptors (Lipinski definition) is 5. The summed E-state index contributed by atoms with van der Waals surface area (Å²) in [6.07, 6.45) is 1.81. The average molecular weight is 209 g/mol. The topological polar surface area (TPSA) is 55.6 Å². The van der Waals surface area contributed by atoms with Gasteiger partial charge in [-0.15, -0.1) is 10.2 Å². The van der Waals surface area contributed by atoms with Gasteiger partial charge in [-0.05, 0) is 13.0 Å². The van der Waals surface area contributed by atoms with Crippen molar-refractivity contribution in [3.8, 4) is 0 Å². The van der Waals surface area contributed by atoms with Crippen molar-refractivity contribution in [3.05, 3.63) is 23.5 Å².